The molecule has 2 rings (SSSR count). The minimum Gasteiger partial charge on any atom is -0.399 e. The molecule has 1 N–H and O–H groups in total. The highest BCUT2D eigenvalue weighted by Crippen LogP contribution is 2.36. The first-order chi connectivity index (χ1) is 8.68. The highest BCUT2D eigenvalue weighted by Gasteiger charge is 2.52. The van der Waals surface area contributed by atoms with E-state index in [4.69, 9.17) is 9.31 Å². The van der Waals surface area contributed by atoms with Gasteiger partial charge in [0, 0.05) is 0 Å². The Morgan fingerprint density at radius 3 is 2.00 bits per heavy atom. The third-order valence-electron chi connectivity index (χ3n) is 4.40. The maximum absolute atomic E-state index is 9.30. The van der Waals surface area contributed by atoms with E-state index in [-0.39, 0.29) is 24.9 Å². The van der Waals surface area contributed by atoms with Gasteiger partial charge < -0.3 is 14.4 Å². The van der Waals surface area contributed by atoms with Gasteiger partial charge in [0.15, 0.2) is 0 Å². The number of aliphatic hydroxyl groups is 1. The quantitative estimate of drug-likeness (QED) is 0.829. The second kappa shape index (κ2) is 4.62. The zero-order valence-corrected chi connectivity index (χ0v) is 12.7. The number of aliphatic hydroxyl groups excluding tert-OH is 1. The van der Waals surface area contributed by atoms with Crippen LogP contribution in [-0.4, -0.2) is 23.4 Å². The molecule has 0 amide bonds. The summed E-state index contributed by atoms with van der Waals surface area (Å²) in [7, 11) is -0.337. The average molecular weight is 262 g/mol. The van der Waals surface area contributed by atoms with Gasteiger partial charge in [-0.05, 0) is 58.1 Å². The van der Waals surface area contributed by atoms with Crippen molar-refractivity contribution in [2.75, 3.05) is 0 Å². The van der Waals surface area contributed by atoms with E-state index in [1.54, 1.807) is 0 Å². The summed E-state index contributed by atoms with van der Waals surface area (Å²) in [4.78, 5) is 0. The topological polar surface area (TPSA) is 38.7 Å². The molecule has 0 aromatic heterocycles. The molecule has 1 aromatic rings. The summed E-state index contributed by atoms with van der Waals surface area (Å²) in [6, 6.07) is 4.07. The fourth-order valence-corrected chi connectivity index (χ4v) is 2.29. The summed E-state index contributed by atoms with van der Waals surface area (Å²) in [6.07, 6.45) is 0. The monoisotopic (exact) mass is 262 g/mol. The molecule has 1 aliphatic rings. The van der Waals surface area contributed by atoms with E-state index in [9.17, 15) is 5.11 Å². The number of aryl methyl sites for hydroxylation is 2. The molecule has 1 fully saturated rings. The van der Waals surface area contributed by atoms with Crippen LogP contribution in [0.2, 0.25) is 0 Å². The number of hydrogen-bond donors (Lipinski definition) is 1. The third-order valence-corrected chi connectivity index (χ3v) is 4.40. The molecule has 0 bridgehead atoms. The van der Waals surface area contributed by atoms with Gasteiger partial charge in [-0.3, -0.25) is 0 Å². The molecular formula is C15H23BO3. The van der Waals surface area contributed by atoms with E-state index in [1.165, 1.54) is 0 Å². The van der Waals surface area contributed by atoms with Crippen LogP contribution in [0.3, 0.4) is 0 Å². The Morgan fingerprint density at radius 1 is 1.00 bits per heavy atom. The third kappa shape index (κ3) is 2.45. The van der Waals surface area contributed by atoms with Gasteiger partial charge >= 0.3 is 7.12 Å². The summed E-state index contributed by atoms with van der Waals surface area (Å²) in [6.45, 7) is 12.3. The van der Waals surface area contributed by atoms with Crippen molar-refractivity contribution in [1.29, 1.82) is 0 Å². The van der Waals surface area contributed by atoms with Crippen LogP contribution in [-0.2, 0) is 15.9 Å². The molecule has 0 atom stereocenters. The molecule has 4 heteroatoms. The van der Waals surface area contributed by atoms with Crippen LogP contribution in [0.25, 0.3) is 0 Å². The zero-order chi connectivity index (χ0) is 14.4. The number of benzene rings is 1. The van der Waals surface area contributed by atoms with Crippen LogP contribution in [0, 0.1) is 13.8 Å². The van der Waals surface area contributed by atoms with E-state index in [2.05, 4.69) is 33.8 Å². The van der Waals surface area contributed by atoms with Crippen molar-refractivity contribution < 1.29 is 14.4 Å². The van der Waals surface area contributed by atoms with Crippen LogP contribution >= 0.6 is 0 Å². The summed E-state index contributed by atoms with van der Waals surface area (Å²) >= 11 is 0. The van der Waals surface area contributed by atoms with Crippen LogP contribution < -0.4 is 5.46 Å². The van der Waals surface area contributed by atoms with Crippen molar-refractivity contribution >= 4 is 12.6 Å². The first-order valence-corrected chi connectivity index (χ1v) is 6.74. The second-order valence-electron chi connectivity index (χ2n) is 6.38. The SMILES string of the molecule is Cc1cc(B2OC(C)(C)C(C)(C)O2)c(C)cc1CO. The van der Waals surface area contributed by atoms with Gasteiger partial charge in [-0.25, -0.2) is 0 Å². The highest BCUT2D eigenvalue weighted by molar-refractivity contribution is 6.62. The predicted octanol–water partition coefficient (Wildman–Crippen LogP) is 2.09. The van der Waals surface area contributed by atoms with E-state index < -0.39 is 0 Å². The fraction of sp³-hybridized carbons (Fsp3) is 0.600. The lowest BCUT2D eigenvalue weighted by atomic mass is 9.75. The van der Waals surface area contributed by atoms with Crippen LogP contribution in [0.4, 0.5) is 0 Å². The summed E-state index contributed by atoms with van der Waals surface area (Å²) < 4.78 is 12.1. The minimum atomic E-state index is -0.337. The molecule has 104 valence electrons. The Hall–Kier alpha value is -0.835. The maximum atomic E-state index is 9.30. The van der Waals surface area contributed by atoms with Gasteiger partial charge in [0.05, 0.1) is 17.8 Å². The Bertz CT molecular complexity index is 478. The van der Waals surface area contributed by atoms with Gasteiger partial charge in [0.25, 0.3) is 0 Å². The first-order valence-electron chi connectivity index (χ1n) is 6.74. The average Bonchev–Trinajstić information content (AvgIpc) is 2.50. The molecule has 0 radical (unpaired) electrons. The number of rotatable bonds is 2. The standard InChI is InChI=1S/C15H23BO3/c1-10-8-13(11(2)7-12(10)9-17)16-18-14(3,4)15(5,6)19-16/h7-8,17H,9H2,1-6H3. The molecule has 19 heavy (non-hydrogen) atoms. The lowest BCUT2D eigenvalue weighted by Crippen LogP contribution is -2.41. The van der Waals surface area contributed by atoms with Crippen molar-refractivity contribution in [2.45, 2.75) is 59.4 Å². The van der Waals surface area contributed by atoms with Crippen LogP contribution in [0.5, 0.6) is 0 Å². The summed E-state index contributed by atoms with van der Waals surface area (Å²) in [5.41, 5.74) is 3.51. The highest BCUT2D eigenvalue weighted by atomic mass is 16.7. The van der Waals surface area contributed by atoms with Gasteiger partial charge in [-0.2, -0.15) is 0 Å². The van der Waals surface area contributed by atoms with Gasteiger partial charge in [0.2, 0.25) is 0 Å². The molecule has 1 saturated heterocycles. The van der Waals surface area contributed by atoms with E-state index in [0.717, 1.165) is 22.2 Å². The molecule has 0 unspecified atom stereocenters. The Kier molecular flexibility index (Phi) is 3.54. The predicted molar refractivity (Wildman–Crippen MR) is 77.6 cm³/mol. The minimum absolute atomic E-state index is 0.0658. The fourth-order valence-electron chi connectivity index (χ4n) is 2.29. The number of hydrogen-bond acceptors (Lipinski definition) is 3. The van der Waals surface area contributed by atoms with Crippen molar-refractivity contribution in [1.82, 2.24) is 0 Å². The molecule has 1 heterocycles. The van der Waals surface area contributed by atoms with Gasteiger partial charge in [-0.1, -0.05) is 17.7 Å². The summed E-state index contributed by atoms with van der Waals surface area (Å²) in [5.74, 6) is 0. The first kappa shape index (κ1) is 14.6. The Labute approximate surface area is 116 Å². The van der Waals surface area contributed by atoms with E-state index in [1.807, 2.05) is 19.9 Å². The molecule has 0 spiro atoms. The largest absolute Gasteiger partial charge is 0.495 e. The molecular weight excluding hydrogens is 239 g/mol. The smallest absolute Gasteiger partial charge is 0.399 e. The lowest BCUT2D eigenvalue weighted by Gasteiger charge is -2.32. The van der Waals surface area contributed by atoms with Crippen molar-refractivity contribution in [3.8, 4) is 0 Å². The van der Waals surface area contributed by atoms with Gasteiger partial charge in [-0.15, -0.1) is 0 Å². The zero-order valence-electron chi connectivity index (χ0n) is 12.7. The Morgan fingerprint density at radius 2 is 1.53 bits per heavy atom. The van der Waals surface area contributed by atoms with E-state index >= 15 is 0 Å². The summed E-state index contributed by atoms with van der Waals surface area (Å²) in [5, 5.41) is 9.30. The molecule has 3 nitrogen and oxygen atoms in total. The molecule has 1 aliphatic heterocycles. The molecule has 1 aromatic carbocycles. The van der Waals surface area contributed by atoms with Crippen molar-refractivity contribution in [3.05, 3.63) is 28.8 Å². The lowest BCUT2D eigenvalue weighted by molar-refractivity contribution is 0.00578. The van der Waals surface area contributed by atoms with Gasteiger partial charge in [0.1, 0.15) is 0 Å². The van der Waals surface area contributed by atoms with Crippen molar-refractivity contribution in [3.63, 3.8) is 0 Å². The Balaban J connectivity index is 2.37. The normalized spacial score (nSPS) is 20.9. The second-order valence-corrected chi connectivity index (χ2v) is 6.38. The van der Waals surface area contributed by atoms with Crippen LogP contribution in [0.1, 0.15) is 44.4 Å². The maximum Gasteiger partial charge on any atom is 0.495 e. The van der Waals surface area contributed by atoms with E-state index in [0.29, 0.717) is 0 Å². The molecule has 0 aliphatic carbocycles. The van der Waals surface area contributed by atoms with Crippen molar-refractivity contribution in [2.24, 2.45) is 0 Å². The van der Waals surface area contributed by atoms with Crippen LogP contribution in [0.15, 0.2) is 12.1 Å². The molecule has 0 saturated carbocycles.